The molecule has 1 N–H and O–H groups in total. The average Bonchev–Trinajstić information content (AvgIpc) is 2.38. The van der Waals surface area contributed by atoms with Crippen LogP contribution >= 0.6 is 0 Å². The minimum absolute atomic E-state index is 0.0997. The highest BCUT2D eigenvalue weighted by Crippen LogP contribution is 2.03. The number of nitrogens with zero attached hydrogens (tertiary/aromatic N) is 2. The summed E-state index contributed by atoms with van der Waals surface area (Å²) >= 11 is 0. The topological polar surface area (TPSA) is 54.9 Å². The summed E-state index contributed by atoms with van der Waals surface area (Å²) < 4.78 is 0. The Balaban J connectivity index is 1.96. The standard InChI is InChI=1S/C14H15N3O/c1-10-3-5-12(6-4-10)14(18)17-9-13-8-15-11(2)7-16-13/h3-8H,9H2,1-2H3,(H,17,18). The first-order valence-electron chi connectivity index (χ1n) is 5.77. The third kappa shape index (κ3) is 3.13. The van der Waals surface area contributed by atoms with Crippen LogP contribution in [0.1, 0.15) is 27.3 Å². The third-order valence-electron chi connectivity index (χ3n) is 2.58. The third-order valence-corrected chi connectivity index (χ3v) is 2.58. The van der Waals surface area contributed by atoms with Gasteiger partial charge in [0.2, 0.25) is 0 Å². The number of amides is 1. The number of hydrogen-bond donors (Lipinski definition) is 1. The van der Waals surface area contributed by atoms with Gasteiger partial charge in [-0.1, -0.05) is 17.7 Å². The zero-order valence-corrected chi connectivity index (χ0v) is 10.5. The second kappa shape index (κ2) is 5.40. The lowest BCUT2D eigenvalue weighted by Gasteiger charge is -2.05. The normalized spacial score (nSPS) is 10.1. The first-order chi connectivity index (χ1) is 8.65. The number of carbonyl (C=O) groups excluding carboxylic acids is 1. The van der Waals surface area contributed by atoms with E-state index in [1.807, 2.05) is 38.1 Å². The molecule has 1 amide bonds. The number of carbonyl (C=O) groups is 1. The summed E-state index contributed by atoms with van der Waals surface area (Å²) in [7, 11) is 0. The molecule has 18 heavy (non-hydrogen) atoms. The SMILES string of the molecule is Cc1ccc(C(=O)NCc2cnc(C)cn2)cc1. The Bertz CT molecular complexity index is 532. The van der Waals surface area contributed by atoms with E-state index in [0.717, 1.165) is 17.0 Å². The van der Waals surface area contributed by atoms with Crippen LogP contribution in [0.3, 0.4) is 0 Å². The van der Waals surface area contributed by atoms with Gasteiger partial charge < -0.3 is 5.32 Å². The van der Waals surface area contributed by atoms with Gasteiger partial charge in [-0.2, -0.15) is 0 Å². The Morgan fingerprint density at radius 3 is 2.44 bits per heavy atom. The Morgan fingerprint density at radius 2 is 1.83 bits per heavy atom. The van der Waals surface area contributed by atoms with Crippen molar-refractivity contribution in [2.24, 2.45) is 0 Å². The van der Waals surface area contributed by atoms with E-state index in [-0.39, 0.29) is 5.91 Å². The van der Waals surface area contributed by atoms with Gasteiger partial charge >= 0.3 is 0 Å². The number of aromatic nitrogens is 2. The minimum atomic E-state index is -0.0997. The summed E-state index contributed by atoms with van der Waals surface area (Å²) in [6, 6.07) is 7.46. The monoisotopic (exact) mass is 241 g/mol. The molecular weight excluding hydrogens is 226 g/mol. The maximum atomic E-state index is 11.8. The van der Waals surface area contributed by atoms with Crippen LogP contribution in [-0.4, -0.2) is 15.9 Å². The Hall–Kier alpha value is -2.23. The van der Waals surface area contributed by atoms with E-state index in [1.165, 1.54) is 0 Å². The van der Waals surface area contributed by atoms with Gasteiger partial charge in [0.25, 0.3) is 5.91 Å². The predicted octanol–water partition coefficient (Wildman–Crippen LogP) is 2.02. The molecule has 0 aliphatic carbocycles. The average molecular weight is 241 g/mol. The smallest absolute Gasteiger partial charge is 0.251 e. The number of aryl methyl sites for hydroxylation is 2. The zero-order valence-electron chi connectivity index (χ0n) is 10.5. The van der Waals surface area contributed by atoms with E-state index < -0.39 is 0 Å². The lowest BCUT2D eigenvalue weighted by molar-refractivity contribution is 0.0950. The number of rotatable bonds is 3. The molecule has 1 heterocycles. The van der Waals surface area contributed by atoms with Crippen LogP contribution in [0.5, 0.6) is 0 Å². The molecule has 2 rings (SSSR count). The fourth-order valence-corrected chi connectivity index (χ4v) is 1.49. The molecule has 0 fully saturated rings. The van der Waals surface area contributed by atoms with E-state index in [9.17, 15) is 4.79 Å². The lowest BCUT2D eigenvalue weighted by atomic mass is 10.1. The molecule has 0 atom stereocenters. The lowest BCUT2D eigenvalue weighted by Crippen LogP contribution is -2.23. The van der Waals surface area contributed by atoms with Crippen LogP contribution in [-0.2, 0) is 6.54 Å². The molecule has 92 valence electrons. The van der Waals surface area contributed by atoms with Crippen molar-refractivity contribution in [3.05, 3.63) is 59.2 Å². The molecule has 0 spiro atoms. The Labute approximate surface area is 106 Å². The summed E-state index contributed by atoms with van der Waals surface area (Å²) in [5, 5.41) is 2.81. The van der Waals surface area contributed by atoms with Crippen LogP contribution in [0, 0.1) is 13.8 Å². The van der Waals surface area contributed by atoms with Crippen molar-refractivity contribution < 1.29 is 4.79 Å². The number of nitrogens with one attached hydrogen (secondary N) is 1. The van der Waals surface area contributed by atoms with E-state index >= 15 is 0 Å². The fraction of sp³-hybridized carbons (Fsp3) is 0.214. The first kappa shape index (κ1) is 12.2. The van der Waals surface area contributed by atoms with Crippen molar-refractivity contribution in [3.8, 4) is 0 Å². The van der Waals surface area contributed by atoms with Gasteiger partial charge in [0.05, 0.1) is 24.1 Å². The van der Waals surface area contributed by atoms with Gasteiger partial charge in [-0.25, -0.2) is 0 Å². The van der Waals surface area contributed by atoms with E-state index in [0.29, 0.717) is 12.1 Å². The second-order valence-corrected chi connectivity index (χ2v) is 4.20. The molecule has 0 saturated heterocycles. The molecule has 0 aliphatic rings. The molecule has 2 aromatic rings. The van der Waals surface area contributed by atoms with Crippen LogP contribution in [0.4, 0.5) is 0 Å². The van der Waals surface area contributed by atoms with Crippen molar-refractivity contribution >= 4 is 5.91 Å². The van der Waals surface area contributed by atoms with Crippen LogP contribution in [0.25, 0.3) is 0 Å². The molecule has 4 nitrogen and oxygen atoms in total. The summed E-state index contributed by atoms with van der Waals surface area (Å²) in [6.45, 7) is 4.26. The highest BCUT2D eigenvalue weighted by molar-refractivity contribution is 5.94. The van der Waals surface area contributed by atoms with Crippen molar-refractivity contribution in [3.63, 3.8) is 0 Å². The Kier molecular flexibility index (Phi) is 3.67. The molecule has 1 aromatic heterocycles. The van der Waals surface area contributed by atoms with Crippen molar-refractivity contribution in [1.82, 2.24) is 15.3 Å². The summed E-state index contributed by atoms with van der Waals surface area (Å²) in [4.78, 5) is 20.1. The zero-order chi connectivity index (χ0) is 13.0. The quantitative estimate of drug-likeness (QED) is 0.894. The molecule has 0 saturated carbocycles. The van der Waals surface area contributed by atoms with Gasteiger partial charge in [-0.15, -0.1) is 0 Å². The number of benzene rings is 1. The maximum absolute atomic E-state index is 11.8. The van der Waals surface area contributed by atoms with Gasteiger partial charge in [-0.05, 0) is 26.0 Å². The van der Waals surface area contributed by atoms with Crippen molar-refractivity contribution in [2.45, 2.75) is 20.4 Å². The molecule has 0 radical (unpaired) electrons. The second-order valence-electron chi connectivity index (χ2n) is 4.20. The molecule has 0 bridgehead atoms. The largest absolute Gasteiger partial charge is 0.346 e. The van der Waals surface area contributed by atoms with Crippen molar-refractivity contribution in [2.75, 3.05) is 0 Å². The van der Waals surface area contributed by atoms with E-state index in [2.05, 4.69) is 15.3 Å². The van der Waals surface area contributed by atoms with Crippen molar-refractivity contribution in [1.29, 1.82) is 0 Å². The maximum Gasteiger partial charge on any atom is 0.251 e. The highest BCUT2D eigenvalue weighted by Gasteiger charge is 2.04. The molecular formula is C14H15N3O. The van der Waals surface area contributed by atoms with E-state index in [1.54, 1.807) is 12.4 Å². The van der Waals surface area contributed by atoms with Crippen LogP contribution < -0.4 is 5.32 Å². The Morgan fingerprint density at radius 1 is 1.11 bits per heavy atom. The number of hydrogen-bond acceptors (Lipinski definition) is 3. The fourth-order valence-electron chi connectivity index (χ4n) is 1.49. The highest BCUT2D eigenvalue weighted by atomic mass is 16.1. The predicted molar refractivity (Wildman–Crippen MR) is 69.1 cm³/mol. The summed E-state index contributed by atoms with van der Waals surface area (Å²) in [6.07, 6.45) is 3.36. The summed E-state index contributed by atoms with van der Waals surface area (Å²) in [5.41, 5.74) is 3.40. The molecule has 4 heteroatoms. The van der Waals surface area contributed by atoms with Crippen LogP contribution in [0.2, 0.25) is 0 Å². The molecule has 1 aromatic carbocycles. The van der Waals surface area contributed by atoms with Gasteiger partial charge in [-0.3, -0.25) is 14.8 Å². The molecule has 0 aliphatic heterocycles. The van der Waals surface area contributed by atoms with Crippen LogP contribution in [0.15, 0.2) is 36.7 Å². The van der Waals surface area contributed by atoms with E-state index in [4.69, 9.17) is 0 Å². The molecule has 0 unspecified atom stereocenters. The summed E-state index contributed by atoms with van der Waals surface area (Å²) in [5.74, 6) is -0.0997. The first-order valence-corrected chi connectivity index (χ1v) is 5.77. The van der Waals surface area contributed by atoms with Gasteiger partial charge in [0.15, 0.2) is 0 Å². The minimum Gasteiger partial charge on any atom is -0.346 e. The van der Waals surface area contributed by atoms with Gasteiger partial charge in [0, 0.05) is 11.8 Å². The van der Waals surface area contributed by atoms with Gasteiger partial charge in [0.1, 0.15) is 0 Å².